The molecule has 0 saturated carbocycles. The summed E-state index contributed by atoms with van der Waals surface area (Å²) in [5.41, 5.74) is 0.176. The number of ether oxygens (including phenoxy) is 1. The molecule has 0 unspecified atom stereocenters. The van der Waals surface area contributed by atoms with Gasteiger partial charge in [0.15, 0.2) is 17.4 Å². The zero-order valence-electron chi connectivity index (χ0n) is 14.1. The molecule has 0 spiro atoms. The van der Waals surface area contributed by atoms with Crippen LogP contribution in [0.2, 0.25) is 0 Å². The predicted molar refractivity (Wildman–Crippen MR) is 90.4 cm³/mol. The molecule has 0 heterocycles. The fourth-order valence-corrected chi connectivity index (χ4v) is 2.24. The van der Waals surface area contributed by atoms with Crippen LogP contribution in [-0.2, 0) is 6.54 Å². The zero-order valence-corrected chi connectivity index (χ0v) is 14.1. The van der Waals surface area contributed by atoms with Crippen LogP contribution in [0.15, 0.2) is 42.5 Å². The highest BCUT2D eigenvalue weighted by Gasteiger charge is 2.24. The normalized spacial score (nSPS) is 11.4. The van der Waals surface area contributed by atoms with Gasteiger partial charge in [-0.15, -0.1) is 0 Å². The Hall–Kier alpha value is -2.54. The lowest BCUT2D eigenvalue weighted by atomic mass is 9.94. The molecule has 2 aromatic carbocycles. The van der Waals surface area contributed by atoms with Gasteiger partial charge in [-0.05, 0) is 5.56 Å². The average Bonchev–Trinajstić information content (AvgIpc) is 2.56. The van der Waals surface area contributed by atoms with Gasteiger partial charge in [0, 0.05) is 24.6 Å². The second-order valence-electron chi connectivity index (χ2n) is 6.53. The SMILES string of the molecule is CC(C)(CNCc1ccccc1)COc1cc(F)c(F)cc1[N+](=O)[O-]. The van der Waals surface area contributed by atoms with Crippen molar-refractivity contribution in [2.45, 2.75) is 20.4 Å². The first-order chi connectivity index (χ1) is 11.8. The molecule has 1 N–H and O–H groups in total. The topological polar surface area (TPSA) is 64.4 Å². The van der Waals surface area contributed by atoms with Crippen LogP contribution in [-0.4, -0.2) is 18.1 Å². The van der Waals surface area contributed by atoms with Crippen molar-refractivity contribution >= 4 is 5.69 Å². The van der Waals surface area contributed by atoms with E-state index < -0.39 is 22.2 Å². The first-order valence-corrected chi connectivity index (χ1v) is 7.79. The summed E-state index contributed by atoms with van der Waals surface area (Å²) in [6, 6.07) is 11.1. The molecule has 0 aliphatic rings. The summed E-state index contributed by atoms with van der Waals surface area (Å²) in [6.45, 7) is 5.20. The Bertz CT molecular complexity index is 737. The first kappa shape index (κ1) is 18.8. The Kier molecular flexibility index (Phi) is 6.03. The third-order valence-corrected chi connectivity index (χ3v) is 3.59. The summed E-state index contributed by atoms with van der Waals surface area (Å²) in [4.78, 5) is 10.2. The van der Waals surface area contributed by atoms with E-state index >= 15 is 0 Å². The van der Waals surface area contributed by atoms with E-state index in [4.69, 9.17) is 4.74 Å². The van der Waals surface area contributed by atoms with E-state index in [1.165, 1.54) is 0 Å². The number of benzene rings is 2. The summed E-state index contributed by atoms with van der Waals surface area (Å²) in [5, 5.41) is 14.3. The van der Waals surface area contributed by atoms with Crippen LogP contribution in [0.25, 0.3) is 0 Å². The summed E-state index contributed by atoms with van der Waals surface area (Å²) in [6.07, 6.45) is 0. The Labute approximate surface area is 144 Å². The fraction of sp³-hybridized carbons (Fsp3) is 0.333. The van der Waals surface area contributed by atoms with E-state index in [9.17, 15) is 18.9 Å². The van der Waals surface area contributed by atoms with Crippen molar-refractivity contribution in [3.05, 3.63) is 69.8 Å². The Morgan fingerprint density at radius 1 is 1.16 bits per heavy atom. The van der Waals surface area contributed by atoms with Gasteiger partial charge in [-0.25, -0.2) is 8.78 Å². The van der Waals surface area contributed by atoms with Crippen molar-refractivity contribution in [3.8, 4) is 5.75 Å². The molecule has 5 nitrogen and oxygen atoms in total. The van der Waals surface area contributed by atoms with E-state index in [-0.39, 0.29) is 17.8 Å². The largest absolute Gasteiger partial charge is 0.486 e. The molecule has 2 aromatic rings. The molecule has 0 atom stereocenters. The van der Waals surface area contributed by atoms with Crippen LogP contribution >= 0.6 is 0 Å². The van der Waals surface area contributed by atoms with Crippen molar-refractivity contribution in [2.75, 3.05) is 13.2 Å². The molecule has 7 heteroatoms. The molecule has 0 aliphatic heterocycles. The highest BCUT2D eigenvalue weighted by Crippen LogP contribution is 2.30. The number of rotatable bonds is 8. The third-order valence-electron chi connectivity index (χ3n) is 3.59. The molecule has 0 fully saturated rings. The van der Waals surface area contributed by atoms with E-state index in [1.54, 1.807) is 0 Å². The fourth-order valence-electron chi connectivity index (χ4n) is 2.24. The van der Waals surface area contributed by atoms with Crippen LogP contribution in [0.4, 0.5) is 14.5 Å². The minimum Gasteiger partial charge on any atom is -0.486 e. The van der Waals surface area contributed by atoms with Crippen molar-refractivity contribution in [1.29, 1.82) is 0 Å². The number of nitro groups is 1. The number of hydrogen-bond acceptors (Lipinski definition) is 4. The maximum atomic E-state index is 13.3. The molecule has 134 valence electrons. The second-order valence-corrected chi connectivity index (χ2v) is 6.53. The molecular formula is C18H20F2N2O3. The monoisotopic (exact) mass is 350 g/mol. The van der Waals surface area contributed by atoms with Crippen molar-refractivity contribution in [1.82, 2.24) is 5.32 Å². The van der Waals surface area contributed by atoms with Gasteiger partial charge >= 0.3 is 5.69 Å². The third kappa shape index (κ3) is 5.49. The quantitative estimate of drug-likeness (QED) is 0.576. The zero-order chi connectivity index (χ0) is 18.4. The second kappa shape index (κ2) is 8.02. The van der Waals surface area contributed by atoms with Gasteiger partial charge in [-0.1, -0.05) is 44.2 Å². The van der Waals surface area contributed by atoms with E-state index in [0.29, 0.717) is 25.2 Å². The standard InChI is InChI=1S/C18H20F2N2O3/c1-18(2,11-21-10-13-6-4-3-5-7-13)12-25-17-9-15(20)14(19)8-16(17)22(23)24/h3-9,21H,10-12H2,1-2H3. The lowest BCUT2D eigenvalue weighted by Crippen LogP contribution is -2.34. The van der Waals surface area contributed by atoms with Crippen LogP contribution < -0.4 is 10.1 Å². The molecule has 0 amide bonds. The predicted octanol–water partition coefficient (Wildman–Crippen LogP) is 4.07. The molecule has 2 rings (SSSR count). The Morgan fingerprint density at radius 2 is 1.80 bits per heavy atom. The highest BCUT2D eigenvalue weighted by molar-refractivity contribution is 5.46. The number of hydrogen-bond donors (Lipinski definition) is 1. The van der Waals surface area contributed by atoms with Gasteiger partial charge in [0.05, 0.1) is 17.6 Å². The molecule has 0 bridgehead atoms. The van der Waals surface area contributed by atoms with Gasteiger partial charge < -0.3 is 10.1 Å². The molecule has 25 heavy (non-hydrogen) atoms. The molecule has 0 aromatic heterocycles. The van der Waals surface area contributed by atoms with E-state index in [2.05, 4.69) is 5.32 Å². The number of halogens is 2. The molecule has 0 saturated heterocycles. The van der Waals surface area contributed by atoms with Gasteiger partial charge in [0.1, 0.15) is 0 Å². The van der Waals surface area contributed by atoms with Crippen LogP contribution in [0, 0.1) is 27.2 Å². The molecule has 0 radical (unpaired) electrons. The van der Waals surface area contributed by atoms with Crippen molar-refractivity contribution in [3.63, 3.8) is 0 Å². The number of nitro benzene ring substituents is 1. The van der Waals surface area contributed by atoms with Crippen LogP contribution in [0.1, 0.15) is 19.4 Å². The van der Waals surface area contributed by atoms with Gasteiger partial charge in [-0.2, -0.15) is 0 Å². The first-order valence-electron chi connectivity index (χ1n) is 7.79. The number of nitrogens with one attached hydrogen (secondary N) is 1. The molecule has 0 aliphatic carbocycles. The van der Waals surface area contributed by atoms with Gasteiger partial charge in [-0.3, -0.25) is 10.1 Å². The summed E-state index contributed by atoms with van der Waals surface area (Å²) >= 11 is 0. The summed E-state index contributed by atoms with van der Waals surface area (Å²) in [7, 11) is 0. The van der Waals surface area contributed by atoms with Crippen molar-refractivity contribution in [2.24, 2.45) is 5.41 Å². The Balaban J connectivity index is 1.95. The van der Waals surface area contributed by atoms with Crippen LogP contribution in [0.5, 0.6) is 5.75 Å². The summed E-state index contributed by atoms with van der Waals surface area (Å²) < 4.78 is 31.9. The van der Waals surface area contributed by atoms with Gasteiger partial charge in [0.25, 0.3) is 0 Å². The van der Waals surface area contributed by atoms with Crippen LogP contribution in [0.3, 0.4) is 0 Å². The minimum atomic E-state index is -1.28. The lowest BCUT2D eigenvalue weighted by Gasteiger charge is -2.25. The smallest absolute Gasteiger partial charge is 0.314 e. The lowest BCUT2D eigenvalue weighted by molar-refractivity contribution is -0.386. The summed E-state index contributed by atoms with van der Waals surface area (Å²) in [5.74, 6) is -2.73. The average molecular weight is 350 g/mol. The maximum absolute atomic E-state index is 13.3. The van der Waals surface area contributed by atoms with Gasteiger partial charge in [0.2, 0.25) is 0 Å². The maximum Gasteiger partial charge on any atom is 0.314 e. The molecular weight excluding hydrogens is 330 g/mol. The van der Waals surface area contributed by atoms with E-state index in [0.717, 1.165) is 5.56 Å². The Morgan fingerprint density at radius 3 is 2.44 bits per heavy atom. The number of nitrogens with zero attached hydrogens (tertiary/aromatic N) is 1. The minimum absolute atomic E-state index is 0.112. The highest BCUT2D eigenvalue weighted by atomic mass is 19.2. The van der Waals surface area contributed by atoms with Crippen molar-refractivity contribution < 1.29 is 18.4 Å². The van der Waals surface area contributed by atoms with E-state index in [1.807, 2.05) is 44.2 Å².